The Morgan fingerprint density at radius 1 is 1.22 bits per heavy atom. The summed E-state index contributed by atoms with van der Waals surface area (Å²) >= 11 is 0.866. The summed E-state index contributed by atoms with van der Waals surface area (Å²) in [4.78, 5) is 22.9. The molecule has 0 bridgehead atoms. The molecule has 1 aromatic rings. The highest BCUT2D eigenvalue weighted by molar-refractivity contribution is 8.18. The minimum atomic E-state index is -0.394. The van der Waals surface area contributed by atoms with E-state index in [1.807, 2.05) is 0 Å². The molecule has 1 N–H and O–H groups in total. The molecule has 0 saturated carbocycles. The molecule has 0 radical (unpaired) electrons. The van der Waals surface area contributed by atoms with E-state index in [-0.39, 0.29) is 5.24 Å². The van der Waals surface area contributed by atoms with Gasteiger partial charge in [0, 0.05) is 5.56 Å². The third kappa shape index (κ3) is 2.48. The van der Waals surface area contributed by atoms with Gasteiger partial charge in [-0.1, -0.05) is 0 Å². The number of amides is 2. The van der Waals surface area contributed by atoms with Crippen LogP contribution in [0.15, 0.2) is 23.1 Å². The number of thioether (sulfide) groups is 1. The molecule has 5 nitrogen and oxygen atoms in total. The van der Waals surface area contributed by atoms with Gasteiger partial charge in [-0.15, -0.1) is 0 Å². The minimum absolute atomic E-state index is 0.339. The van der Waals surface area contributed by atoms with Gasteiger partial charge in [-0.05, 0) is 36.0 Å². The quantitative estimate of drug-likeness (QED) is 0.847. The van der Waals surface area contributed by atoms with E-state index in [9.17, 15) is 9.59 Å². The van der Waals surface area contributed by atoms with Crippen molar-refractivity contribution in [1.29, 1.82) is 0 Å². The Kier molecular flexibility index (Phi) is 3.57. The molecule has 1 aromatic carbocycles. The second-order valence-electron chi connectivity index (χ2n) is 3.46. The fraction of sp³-hybridized carbons (Fsp3) is 0.167. The van der Waals surface area contributed by atoms with E-state index in [0.717, 1.165) is 11.8 Å². The van der Waals surface area contributed by atoms with Crippen molar-refractivity contribution in [2.24, 2.45) is 0 Å². The zero-order valence-corrected chi connectivity index (χ0v) is 10.7. The first-order valence-corrected chi connectivity index (χ1v) is 5.92. The van der Waals surface area contributed by atoms with Crippen molar-refractivity contribution in [3.05, 3.63) is 28.7 Å². The van der Waals surface area contributed by atoms with Gasteiger partial charge in [0.15, 0.2) is 0 Å². The molecule has 2 rings (SSSR count). The second kappa shape index (κ2) is 5.14. The second-order valence-corrected chi connectivity index (χ2v) is 4.47. The fourth-order valence-corrected chi connectivity index (χ4v) is 2.19. The molecule has 94 valence electrons. The van der Waals surface area contributed by atoms with Gasteiger partial charge in [-0.3, -0.25) is 14.9 Å². The molecule has 0 atom stereocenters. The van der Waals surface area contributed by atoms with Crippen molar-refractivity contribution in [1.82, 2.24) is 5.32 Å². The predicted octanol–water partition coefficient (Wildman–Crippen LogP) is 2.03. The van der Waals surface area contributed by atoms with E-state index < -0.39 is 5.91 Å². The molecule has 1 aliphatic rings. The summed E-state index contributed by atoms with van der Waals surface area (Å²) in [6.45, 7) is 0. The van der Waals surface area contributed by atoms with Gasteiger partial charge < -0.3 is 9.47 Å². The molecule has 2 amide bonds. The normalized spacial score (nSPS) is 16.9. The van der Waals surface area contributed by atoms with Crippen molar-refractivity contribution in [3.8, 4) is 11.5 Å². The van der Waals surface area contributed by atoms with Crippen LogP contribution < -0.4 is 14.8 Å². The van der Waals surface area contributed by atoms with Crippen LogP contribution >= 0.6 is 11.8 Å². The molecule has 6 heteroatoms. The van der Waals surface area contributed by atoms with Crippen LogP contribution in [0.25, 0.3) is 6.08 Å². The number of hydrogen-bond acceptors (Lipinski definition) is 5. The molecule has 0 aromatic heterocycles. The summed E-state index contributed by atoms with van der Waals surface area (Å²) in [5, 5.41) is 1.83. The topological polar surface area (TPSA) is 64.6 Å². The third-order valence-electron chi connectivity index (χ3n) is 2.37. The number of nitrogens with one attached hydrogen (secondary N) is 1. The van der Waals surface area contributed by atoms with E-state index >= 15 is 0 Å². The highest BCUT2D eigenvalue weighted by atomic mass is 32.2. The Morgan fingerprint density at radius 3 is 2.56 bits per heavy atom. The summed E-state index contributed by atoms with van der Waals surface area (Å²) in [6, 6.07) is 5.24. The van der Waals surface area contributed by atoms with Gasteiger partial charge in [-0.2, -0.15) is 0 Å². The minimum Gasteiger partial charge on any atom is -0.497 e. The number of imide groups is 1. The van der Waals surface area contributed by atoms with E-state index in [2.05, 4.69) is 5.32 Å². The van der Waals surface area contributed by atoms with Crippen LogP contribution in [-0.2, 0) is 4.79 Å². The van der Waals surface area contributed by atoms with Crippen molar-refractivity contribution >= 4 is 29.0 Å². The van der Waals surface area contributed by atoms with Crippen LogP contribution in [-0.4, -0.2) is 25.4 Å². The van der Waals surface area contributed by atoms with Gasteiger partial charge in [0.25, 0.3) is 11.1 Å². The average molecular weight is 265 g/mol. The van der Waals surface area contributed by atoms with Gasteiger partial charge in [0.05, 0.1) is 19.1 Å². The summed E-state index contributed by atoms with van der Waals surface area (Å²) in [6.07, 6.45) is 1.60. The number of carbonyl (C=O) groups is 2. The smallest absolute Gasteiger partial charge is 0.290 e. The molecule has 0 spiro atoms. The zero-order valence-electron chi connectivity index (χ0n) is 9.85. The van der Waals surface area contributed by atoms with Crippen LogP contribution in [0, 0.1) is 0 Å². The van der Waals surface area contributed by atoms with Crippen LogP contribution in [0.4, 0.5) is 4.79 Å². The molecular formula is C12H11NO4S. The molecule has 1 aliphatic heterocycles. The number of methoxy groups -OCH3 is 2. The van der Waals surface area contributed by atoms with Crippen molar-refractivity contribution in [2.45, 2.75) is 0 Å². The SMILES string of the molecule is COc1ccc(OC)c(C=C2SC(=O)NC2=O)c1. The van der Waals surface area contributed by atoms with Crippen LogP contribution in [0.1, 0.15) is 5.56 Å². The summed E-state index contributed by atoms with van der Waals surface area (Å²) in [5.74, 6) is 0.864. The fourth-order valence-electron chi connectivity index (χ4n) is 1.51. The standard InChI is InChI=1S/C12H11NO4S/c1-16-8-3-4-9(17-2)7(5-8)6-10-11(14)13-12(15)18-10/h3-6H,1-2H3,(H,13,14,15). The average Bonchev–Trinajstić information content (AvgIpc) is 2.67. The first-order chi connectivity index (χ1) is 8.63. The van der Waals surface area contributed by atoms with Crippen LogP contribution in [0.3, 0.4) is 0 Å². The maximum atomic E-state index is 11.5. The Labute approximate surface area is 108 Å². The van der Waals surface area contributed by atoms with E-state index in [0.29, 0.717) is 22.0 Å². The Morgan fingerprint density at radius 2 is 2.00 bits per heavy atom. The number of ether oxygens (including phenoxy) is 2. The summed E-state index contributed by atoms with van der Waals surface area (Å²) in [7, 11) is 3.09. The lowest BCUT2D eigenvalue weighted by molar-refractivity contribution is -0.115. The largest absolute Gasteiger partial charge is 0.497 e. The highest BCUT2D eigenvalue weighted by Crippen LogP contribution is 2.31. The predicted molar refractivity (Wildman–Crippen MR) is 68.7 cm³/mol. The molecule has 1 fully saturated rings. The van der Waals surface area contributed by atoms with Crippen LogP contribution in [0.5, 0.6) is 11.5 Å². The zero-order chi connectivity index (χ0) is 13.1. The molecule has 0 aliphatic carbocycles. The molecule has 1 heterocycles. The number of hydrogen-bond donors (Lipinski definition) is 1. The lowest BCUT2D eigenvalue weighted by Crippen LogP contribution is -2.17. The summed E-state index contributed by atoms with van der Waals surface area (Å²) in [5.41, 5.74) is 0.684. The first kappa shape index (κ1) is 12.5. The summed E-state index contributed by atoms with van der Waals surface area (Å²) < 4.78 is 10.3. The lowest BCUT2D eigenvalue weighted by atomic mass is 10.1. The lowest BCUT2D eigenvalue weighted by Gasteiger charge is -2.07. The van der Waals surface area contributed by atoms with Crippen molar-refractivity contribution in [2.75, 3.05) is 14.2 Å². The Balaban J connectivity index is 2.40. The molecule has 0 unspecified atom stereocenters. The van der Waals surface area contributed by atoms with E-state index in [4.69, 9.17) is 9.47 Å². The van der Waals surface area contributed by atoms with Crippen molar-refractivity contribution in [3.63, 3.8) is 0 Å². The van der Waals surface area contributed by atoms with Gasteiger partial charge in [0.1, 0.15) is 11.5 Å². The maximum absolute atomic E-state index is 11.5. The third-order valence-corrected chi connectivity index (χ3v) is 3.18. The highest BCUT2D eigenvalue weighted by Gasteiger charge is 2.25. The monoisotopic (exact) mass is 265 g/mol. The molecule has 18 heavy (non-hydrogen) atoms. The Bertz CT molecular complexity index is 539. The number of carbonyl (C=O) groups excluding carboxylic acids is 2. The number of benzene rings is 1. The maximum Gasteiger partial charge on any atom is 0.290 e. The molecular weight excluding hydrogens is 254 g/mol. The molecule has 1 saturated heterocycles. The number of rotatable bonds is 3. The van der Waals surface area contributed by atoms with Gasteiger partial charge >= 0.3 is 0 Å². The Hall–Kier alpha value is -1.95. The van der Waals surface area contributed by atoms with Crippen LogP contribution in [0.2, 0.25) is 0 Å². The van der Waals surface area contributed by atoms with Crippen molar-refractivity contribution < 1.29 is 19.1 Å². The first-order valence-electron chi connectivity index (χ1n) is 5.11. The van der Waals surface area contributed by atoms with Gasteiger partial charge in [-0.25, -0.2) is 0 Å². The van der Waals surface area contributed by atoms with E-state index in [1.54, 1.807) is 31.4 Å². The van der Waals surface area contributed by atoms with Gasteiger partial charge in [0.2, 0.25) is 0 Å². The van der Waals surface area contributed by atoms with E-state index in [1.165, 1.54) is 7.11 Å².